The van der Waals surface area contributed by atoms with Gasteiger partial charge in [0, 0.05) is 18.9 Å². The van der Waals surface area contributed by atoms with Crippen molar-refractivity contribution in [3.8, 4) is 0 Å². The van der Waals surface area contributed by atoms with Crippen LogP contribution in [-0.2, 0) is 6.54 Å². The van der Waals surface area contributed by atoms with Gasteiger partial charge >= 0.3 is 0 Å². The van der Waals surface area contributed by atoms with Crippen molar-refractivity contribution in [3.05, 3.63) is 18.5 Å². The van der Waals surface area contributed by atoms with Gasteiger partial charge < -0.3 is 10.8 Å². The maximum Gasteiger partial charge on any atom is 0.0540 e. The number of aliphatic hydroxyl groups is 1. The number of nitrogens with two attached hydrogens (primary N) is 1. The fourth-order valence-electron chi connectivity index (χ4n) is 2.56. The van der Waals surface area contributed by atoms with Crippen LogP contribution in [0, 0.1) is 5.41 Å². The van der Waals surface area contributed by atoms with Crippen molar-refractivity contribution in [2.45, 2.75) is 44.8 Å². The normalized spacial score (nSPS) is 30.5. The Hall–Kier alpha value is -0.870. The lowest BCUT2D eigenvalue weighted by Gasteiger charge is -2.38. The van der Waals surface area contributed by atoms with E-state index in [4.69, 9.17) is 5.73 Å². The molecule has 0 spiro atoms. The highest BCUT2D eigenvalue weighted by Gasteiger charge is 2.33. The van der Waals surface area contributed by atoms with Crippen molar-refractivity contribution >= 4 is 0 Å². The summed E-state index contributed by atoms with van der Waals surface area (Å²) in [7, 11) is 0. The zero-order chi connectivity index (χ0) is 11.4. The van der Waals surface area contributed by atoms with E-state index in [0.717, 1.165) is 45.2 Å². The summed E-state index contributed by atoms with van der Waals surface area (Å²) in [6.45, 7) is 1.65. The van der Waals surface area contributed by atoms with Gasteiger partial charge in [0.1, 0.15) is 0 Å². The van der Waals surface area contributed by atoms with E-state index >= 15 is 0 Å². The first-order chi connectivity index (χ1) is 7.74. The minimum Gasteiger partial charge on any atom is -0.393 e. The van der Waals surface area contributed by atoms with Gasteiger partial charge in [0.25, 0.3) is 0 Å². The lowest BCUT2D eigenvalue weighted by molar-refractivity contribution is 0.0588. The van der Waals surface area contributed by atoms with Crippen LogP contribution in [0.1, 0.15) is 32.1 Å². The SMILES string of the molecule is NCC1(CCn2cccn2)CCC(O)CC1. The molecule has 0 amide bonds. The Bertz CT molecular complexity index is 302. The molecule has 0 unspecified atom stereocenters. The first-order valence-corrected chi connectivity index (χ1v) is 6.10. The Balaban J connectivity index is 1.89. The lowest BCUT2D eigenvalue weighted by atomic mass is 9.71. The molecule has 0 radical (unpaired) electrons. The van der Waals surface area contributed by atoms with E-state index in [-0.39, 0.29) is 11.5 Å². The molecule has 90 valence electrons. The predicted octanol–water partition coefficient (Wildman–Crippen LogP) is 1.15. The molecule has 4 nitrogen and oxygen atoms in total. The summed E-state index contributed by atoms with van der Waals surface area (Å²) >= 11 is 0. The minimum absolute atomic E-state index is 0.107. The van der Waals surface area contributed by atoms with E-state index in [1.165, 1.54) is 0 Å². The molecule has 4 heteroatoms. The molecule has 1 fully saturated rings. The highest BCUT2D eigenvalue weighted by molar-refractivity contribution is 4.87. The second kappa shape index (κ2) is 4.97. The van der Waals surface area contributed by atoms with E-state index in [1.54, 1.807) is 6.20 Å². The Morgan fingerprint density at radius 3 is 2.75 bits per heavy atom. The molecule has 0 saturated heterocycles. The van der Waals surface area contributed by atoms with Gasteiger partial charge in [0.15, 0.2) is 0 Å². The van der Waals surface area contributed by atoms with E-state index in [9.17, 15) is 5.11 Å². The van der Waals surface area contributed by atoms with Gasteiger partial charge in [0.05, 0.1) is 6.10 Å². The molecule has 3 N–H and O–H groups in total. The maximum absolute atomic E-state index is 9.53. The highest BCUT2D eigenvalue weighted by Crippen LogP contribution is 2.38. The van der Waals surface area contributed by atoms with Gasteiger partial charge in [-0.1, -0.05) is 0 Å². The second-order valence-corrected chi connectivity index (χ2v) is 4.95. The third-order valence-electron chi connectivity index (χ3n) is 3.88. The minimum atomic E-state index is -0.107. The number of aryl methyl sites for hydroxylation is 1. The average Bonchev–Trinajstić information content (AvgIpc) is 2.82. The average molecular weight is 223 g/mol. The Morgan fingerprint density at radius 2 is 2.19 bits per heavy atom. The molecule has 1 aliphatic rings. The van der Waals surface area contributed by atoms with Gasteiger partial charge in [-0.15, -0.1) is 0 Å². The monoisotopic (exact) mass is 223 g/mol. The van der Waals surface area contributed by atoms with E-state index in [0.29, 0.717) is 0 Å². The molecule has 0 aliphatic heterocycles. The standard InChI is InChI=1S/C12H21N3O/c13-10-12(4-2-11(16)3-5-12)6-9-15-8-1-7-14-15/h1,7-8,11,16H,2-6,9-10,13H2. The van der Waals surface area contributed by atoms with Gasteiger partial charge in [-0.25, -0.2) is 0 Å². The van der Waals surface area contributed by atoms with E-state index < -0.39 is 0 Å². The Morgan fingerprint density at radius 1 is 1.44 bits per heavy atom. The van der Waals surface area contributed by atoms with Crippen LogP contribution in [0.3, 0.4) is 0 Å². The van der Waals surface area contributed by atoms with Gasteiger partial charge in [-0.05, 0) is 50.1 Å². The number of hydrogen-bond acceptors (Lipinski definition) is 3. The zero-order valence-corrected chi connectivity index (χ0v) is 9.68. The lowest BCUT2D eigenvalue weighted by Crippen LogP contribution is -2.37. The van der Waals surface area contributed by atoms with Crippen LogP contribution in [-0.4, -0.2) is 27.5 Å². The predicted molar refractivity (Wildman–Crippen MR) is 62.8 cm³/mol. The number of hydrogen-bond donors (Lipinski definition) is 2. The Kier molecular flexibility index (Phi) is 3.61. The second-order valence-electron chi connectivity index (χ2n) is 4.95. The molecular weight excluding hydrogens is 202 g/mol. The van der Waals surface area contributed by atoms with Crippen molar-refractivity contribution in [2.24, 2.45) is 11.1 Å². The summed E-state index contributed by atoms with van der Waals surface area (Å²) in [6, 6.07) is 1.94. The van der Waals surface area contributed by atoms with Crippen LogP contribution in [0.25, 0.3) is 0 Å². The molecule has 16 heavy (non-hydrogen) atoms. The molecule has 1 aromatic heterocycles. The van der Waals surface area contributed by atoms with Crippen LogP contribution in [0.15, 0.2) is 18.5 Å². The van der Waals surface area contributed by atoms with Gasteiger partial charge in [-0.2, -0.15) is 5.10 Å². The largest absolute Gasteiger partial charge is 0.393 e. The zero-order valence-electron chi connectivity index (χ0n) is 9.68. The molecule has 1 heterocycles. The quantitative estimate of drug-likeness (QED) is 0.805. The molecule has 2 rings (SSSR count). The van der Waals surface area contributed by atoms with Crippen LogP contribution < -0.4 is 5.73 Å². The number of aromatic nitrogens is 2. The molecule has 1 aliphatic carbocycles. The third-order valence-corrected chi connectivity index (χ3v) is 3.88. The van der Waals surface area contributed by atoms with E-state index in [1.807, 2.05) is 16.9 Å². The first kappa shape index (κ1) is 11.6. The summed E-state index contributed by atoms with van der Waals surface area (Å²) in [5.41, 5.74) is 6.14. The summed E-state index contributed by atoms with van der Waals surface area (Å²) in [5, 5.41) is 13.7. The number of aliphatic hydroxyl groups excluding tert-OH is 1. The van der Waals surface area contributed by atoms with Crippen LogP contribution in [0.5, 0.6) is 0 Å². The van der Waals surface area contributed by atoms with Gasteiger partial charge in [0.2, 0.25) is 0 Å². The Labute approximate surface area is 96.5 Å². The van der Waals surface area contributed by atoms with Crippen molar-refractivity contribution < 1.29 is 5.11 Å². The van der Waals surface area contributed by atoms with Crippen LogP contribution in [0.4, 0.5) is 0 Å². The highest BCUT2D eigenvalue weighted by atomic mass is 16.3. The summed E-state index contributed by atoms with van der Waals surface area (Å²) in [6.07, 6.45) is 8.65. The fourth-order valence-corrected chi connectivity index (χ4v) is 2.56. The molecule has 1 saturated carbocycles. The maximum atomic E-state index is 9.53. The summed E-state index contributed by atoms with van der Waals surface area (Å²) in [5.74, 6) is 0. The van der Waals surface area contributed by atoms with Crippen molar-refractivity contribution in [1.82, 2.24) is 9.78 Å². The molecule has 0 bridgehead atoms. The number of nitrogens with zero attached hydrogens (tertiary/aromatic N) is 2. The first-order valence-electron chi connectivity index (χ1n) is 6.10. The van der Waals surface area contributed by atoms with E-state index in [2.05, 4.69) is 5.10 Å². The molecular formula is C12H21N3O. The smallest absolute Gasteiger partial charge is 0.0540 e. The molecule has 0 aromatic carbocycles. The topological polar surface area (TPSA) is 64.1 Å². The molecule has 1 aromatic rings. The summed E-state index contributed by atoms with van der Waals surface area (Å²) in [4.78, 5) is 0. The summed E-state index contributed by atoms with van der Waals surface area (Å²) < 4.78 is 1.96. The molecule has 0 atom stereocenters. The van der Waals surface area contributed by atoms with Gasteiger partial charge in [-0.3, -0.25) is 4.68 Å². The third kappa shape index (κ3) is 2.62. The van der Waals surface area contributed by atoms with Crippen molar-refractivity contribution in [3.63, 3.8) is 0 Å². The van der Waals surface area contributed by atoms with Crippen LogP contribution in [0.2, 0.25) is 0 Å². The fraction of sp³-hybridized carbons (Fsp3) is 0.750. The van der Waals surface area contributed by atoms with Crippen molar-refractivity contribution in [2.75, 3.05) is 6.54 Å². The van der Waals surface area contributed by atoms with Crippen LogP contribution >= 0.6 is 0 Å². The number of rotatable bonds is 4. The van der Waals surface area contributed by atoms with Crippen molar-refractivity contribution in [1.29, 1.82) is 0 Å².